The first-order valence-electron chi connectivity index (χ1n) is 6.44. The molecule has 18 heavy (non-hydrogen) atoms. The molecule has 0 radical (unpaired) electrons. The minimum atomic E-state index is -0.0480. The first kappa shape index (κ1) is 13.4. The standard InChI is InChI=1S/C14H19ClN2O/c1-10(12-6-2-3-7-13(12)15)17-14(18)11-5-4-8-16-9-11/h2-3,6-7,10-11,16H,4-5,8-9H2,1H3,(H,17,18). The molecular weight excluding hydrogens is 248 g/mol. The smallest absolute Gasteiger partial charge is 0.224 e. The lowest BCUT2D eigenvalue weighted by Crippen LogP contribution is -2.41. The lowest BCUT2D eigenvalue weighted by Gasteiger charge is -2.24. The van der Waals surface area contributed by atoms with Crippen LogP contribution in [0.15, 0.2) is 24.3 Å². The van der Waals surface area contributed by atoms with Gasteiger partial charge in [-0.1, -0.05) is 29.8 Å². The van der Waals surface area contributed by atoms with E-state index in [2.05, 4.69) is 10.6 Å². The number of hydrogen-bond donors (Lipinski definition) is 2. The Morgan fingerprint density at radius 3 is 2.94 bits per heavy atom. The molecule has 0 saturated carbocycles. The van der Waals surface area contributed by atoms with Crippen LogP contribution in [0.2, 0.25) is 5.02 Å². The summed E-state index contributed by atoms with van der Waals surface area (Å²) in [6.45, 7) is 3.76. The Bertz CT molecular complexity index is 416. The summed E-state index contributed by atoms with van der Waals surface area (Å²) in [5.74, 6) is 0.207. The van der Waals surface area contributed by atoms with Gasteiger partial charge in [0.1, 0.15) is 0 Å². The van der Waals surface area contributed by atoms with Gasteiger partial charge in [-0.15, -0.1) is 0 Å². The number of carbonyl (C=O) groups excluding carboxylic acids is 1. The quantitative estimate of drug-likeness (QED) is 0.883. The number of rotatable bonds is 3. The van der Waals surface area contributed by atoms with E-state index in [-0.39, 0.29) is 17.9 Å². The molecule has 2 unspecified atom stereocenters. The van der Waals surface area contributed by atoms with E-state index in [0.29, 0.717) is 5.02 Å². The molecule has 1 aliphatic rings. The van der Waals surface area contributed by atoms with Crippen molar-refractivity contribution in [1.82, 2.24) is 10.6 Å². The van der Waals surface area contributed by atoms with Gasteiger partial charge < -0.3 is 10.6 Å². The van der Waals surface area contributed by atoms with Crippen LogP contribution in [-0.4, -0.2) is 19.0 Å². The van der Waals surface area contributed by atoms with E-state index in [1.165, 1.54) is 0 Å². The number of hydrogen-bond acceptors (Lipinski definition) is 2. The maximum atomic E-state index is 12.1. The number of nitrogens with one attached hydrogen (secondary N) is 2. The van der Waals surface area contributed by atoms with E-state index in [1.54, 1.807) is 0 Å². The SMILES string of the molecule is CC(NC(=O)C1CCCNC1)c1ccccc1Cl. The molecule has 1 aliphatic heterocycles. The second-order valence-corrected chi connectivity index (χ2v) is 5.20. The largest absolute Gasteiger partial charge is 0.349 e. The van der Waals surface area contributed by atoms with Gasteiger partial charge in [0.05, 0.1) is 12.0 Å². The highest BCUT2D eigenvalue weighted by Gasteiger charge is 2.22. The lowest BCUT2D eigenvalue weighted by molar-refractivity contribution is -0.126. The second-order valence-electron chi connectivity index (χ2n) is 4.80. The fourth-order valence-corrected chi connectivity index (χ4v) is 2.61. The van der Waals surface area contributed by atoms with Crippen molar-refractivity contribution in [3.05, 3.63) is 34.9 Å². The molecule has 0 aromatic heterocycles. The Morgan fingerprint density at radius 2 is 2.28 bits per heavy atom. The van der Waals surface area contributed by atoms with Crippen molar-refractivity contribution in [3.63, 3.8) is 0 Å². The summed E-state index contributed by atoms with van der Waals surface area (Å²) in [6, 6.07) is 7.58. The van der Waals surface area contributed by atoms with Gasteiger partial charge in [0.2, 0.25) is 5.91 Å². The van der Waals surface area contributed by atoms with Gasteiger partial charge in [-0.2, -0.15) is 0 Å². The van der Waals surface area contributed by atoms with Gasteiger partial charge in [0.15, 0.2) is 0 Å². The third kappa shape index (κ3) is 3.24. The Kier molecular flexibility index (Phi) is 4.61. The van der Waals surface area contributed by atoms with E-state index < -0.39 is 0 Å². The fraction of sp³-hybridized carbons (Fsp3) is 0.500. The van der Waals surface area contributed by atoms with Gasteiger partial charge in [0, 0.05) is 11.6 Å². The molecule has 1 aromatic carbocycles. The molecule has 1 fully saturated rings. The predicted octanol–water partition coefficient (Wildman–Crippen LogP) is 2.52. The van der Waals surface area contributed by atoms with Crippen molar-refractivity contribution in [2.75, 3.05) is 13.1 Å². The molecule has 2 rings (SSSR count). The molecule has 1 heterocycles. The van der Waals surface area contributed by atoms with E-state index in [1.807, 2.05) is 31.2 Å². The summed E-state index contributed by atoms with van der Waals surface area (Å²) in [5.41, 5.74) is 0.969. The van der Waals surface area contributed by atoms with E-state index in [0.717, 1.165) is 31.5 Å². The minimum absolute atomic E-state index is 0.0480. The average molecular weight is 267 g/mol. The normalized spacial score (nSPS) is 21.3. The van der Waals surface area contributed by atoms with E-state index in [9.17, 15) is 4.79 Å². The van der Waals surface area contributed by atoms with Crippen LogP contribution in [0.25, 0.3) is 0 Å². The second kappa shape index (κ2) is 6.21. The van der Waals surface area contributed by atoms with Crippen molar-refractivity contribution in [1.29, 1.82) is 0 Å². The topological polar surface area (TPSA) is 41.1 Å². The molecule has 1 amide bonds. The molecule has 2 N–H and O–H groups in total. The summed E-state index contributed by atoms with van der Waals surface area (Å²) in [4.78, 5) is 12.1. The van der Waals surface area contributed by atoms with Crippen molar-refractivity contribution >= 4 is 17.5 Å². The maximum absolute atomic E-state index is 12.1. The van der Waals surface area contributed by atoms with Crippen LogP contribution in [0.3, 0.4) is 0 Å². The highest BCUT2D eigenvalue weighted by molar-refractivity contribution is 6.31. The Balaban J connectivity index is 1.96. The third-order valence-corrected chi connectivity index (χ3v) is 3.74. The van der Waals surface area contributed by atoms with Crippen molar-refractivity contribution in [3.8, 4) is 0 Å². The van der Waals surface area contributed by atoms with Crippen LogP contribution in [0, 0.1) is 5.92 Å². The van der Waals surface area contributed by atoms with Crippen LogP contribution in [0.1, 0.15) is 31.4 Å². The number of halogens is 1. The average Bonchev–Trinajstić information content (AvgIpc) is 2.40. The summed E-state index contributed by atoms with van der Waals surface area (Å²) in [6.07, 6.45) is 2.03. The van der Waals surface area contributed by atoms with Crippen LogP contribution in [-0.2, 0) is 4.79 Å². The lowest BCUT2D eigenvalue weighted by atomic mass is 9.98. The Labute approximate surface area is 113 Å². The predicted molar refractivity (Wildman–Crippen MR) is 73.6 cm³/mol. The maximum Gasteiger partial charge on any atom is 0.224 e. The van der Waals surface area contributed by atoms with Gasteiger partial charge in [-0.25, -0.2) is 0 Å². The first-order valence-corrected chi connectivity index (χ1v) is 6.82. The number of carbonyl (C=O) groups is 1. The number of amides is 1. The zero-order chi connectivity index (χ0) is 13.0. The molecule has 0 spiro atoms. The molecule has 0 bridgehead atoms. The molecule has 1 saturated heterocycles. The van der Waals surface area contributed by atoms with E-state index >= 15 is 0 Å². The number of benzene rings is 1. The molecule has 4 heteroatoms. The zero-order valence-electron chi connectivity index (χ0n) is 10.6. The zero-order valence-corrected chi connectivity index (χ0v) is 11.3. The van der Waals surface area contributed by atoms with Gasteiger partial charge >= 0.3 is 0 Å². The molecule has 1 aromatic rings. The molecule has 2 atom stereocenters. The van der Waals surface area contributed by atoms with Crippen molar-refractivity contribution < 1.29 is 4.79 Å². The Morgan fingerprint density at radius 1 is 1.50 bits per heavy atom. The van der Waals surface area contributed by atoms with Gasteiger partial charge in [-0.05, 0) is 37.9 Å². The Hall–Kier alpha value is -1.06. The van der Waals surface area contributed by atoms with Crippen LogP contribution < -0.4 is 10.6 Å². The molecule has 98 valence electrons. The van der Waals surface area contributed by atoms with Crippen molar-refractivity contribution in [2.45, 2.75) is 25.8 Å². The highest BCUT2D eigenvalue weighted by Crippen LogP contribution is 2.22. The van der Waals surface area contributed by atoms with Gasteiger partial charge in [-0.3, -0.25) is 4.79 Å². The van der Waals surface area contributed by atoms with Gasteiger partial charge in [0.25, 0.3) is 0 Å². The monoisotopic (exact) mass is 266 g/mol. The summed E-state index contributed by atoms with van der Waals surface area (Å²) >= 11 is 6.12. The highest BCUT2D eigenvalue weighted by atomic mass is 35.5. The van der Waals surface area contributed by atoms with Crippen LogP contribution in [0.4, 0.5) is 0 Å². The first-order chi connectivity index (χ1) is 8.68. The molecular formula is C14H19ClN2O. The summed E-state index contributed by atoms with van der Waals surface area (Å²) < 4.78 is 0. The van der Waals surface area contributed by atoms with Crippen molar-refractivity contribution in [2.24, 2.45) is 5.92 Å². The van der Waals surface area contributed by atoms with E-state index in [4.69, 9.17) is 11.6 Å². The summed E-state index contributed by atoms with van der Waals surface area (Å²) in [5, 5.41) is 7.00. The number of piperidine rings is 1. The third-order valence-electron chi connectivity index (χ3n) is 3.40. The summed E-state index contributed by atoms with van der Waals surface area (Å²) in [7, 11) is 0. The molecule has 0 aliphatic carbocycles. The fourth-order valence-electron chi connectivity index (χ4n) is 2.31. The molecule has 3 nitrogen and oxygen atoms in total. The van der Waals surface area contributed by atoms with Crippen LogP contribution >= 0.6 is 11.6 Å². The van der Waals surface area contributed by atoms with Crippen LogP contribution in [0.5, 0.6) is 0 Å². The minimum Gasteiger partial charge on any atom is -0.349 e.